The van der Waals surface area contributed by atoms with Crippen molar-refractivity contribution in [3.05, 3.63) is 60.2 Å². The molecule has 2 aromatic heterocycles. The van der Waals surface area contributed by atoms with Crippen LogP contribution in [0, 0.1) is 12.3 Å². The number of aromatic nitrogens is 3. The molecule has 1 amide bonds. The molecule has 2 heterocycles. The summed E-state index contributed by atoms with van der Waals surface area (Å²) < 4.78 is 2.05. The number of amides is 1. The van der Waals surface area contributed by atoms with Crippen molar-refractivity contribution < 1.29 is 4.79 Å². The smallest absolute Gasteiger partial charge is 0.252 e. The Bertz CT molecular complexity index is 877. The van der Waals surface area contributed by atoms with E-state index in [2.05, 4.69) is 25.8 Å². The molecule has 0 unspecified atom stereocenters. The summed E-state index contributed by atoms with van der Waals surface area (Å²) in [4.78, 5) is 20.6. The topological polar surface area (TPSA) is 59.8 Å². The maximum Gasteiger partial charge on any atom is 0.252 e. The second-order valence-corrected chi connectivity index (χ2v) is 5.41. The van der Waals surface area contributed by atoms with E-state index in [1.165, 1.54) is 0 Å². The van der Waals surface area contributed by atoms with E-state index in [9.17, 15) is 4.79 Å². The van der Waals surface area contributed by atoms with E-state index in [4.69, 9.17) is 6.42 Å². The molecule has 3 rings (SSSR count). The molecule has 3 aromatic rings. The highest BCUT2D eigenvalue weighted by atomic mass is 16.1. The van der Waals surface area contributed by atoms with Crippen LogP contribution in [0.5, 0.6) is 0 Å². The molecule has 0 radical (unpaired) electrons. The molecule has 0 saturated carbocycles. The van der Waals surface area contributed by atoms with E-state index < -0.39 is 0 Å². The molecule has 0 bridgehead atoms. The Balaban J connectivity index is 1.61. The second kappa shape index (κ2) is 7.42. The molecule has 0 saturated heterocycles. The number of aryl methyl sites for hydroxylation is 1. The number of terminal acetylenes is 1. The van der Waals surface area contributed by atoms with Crippen LogP contribution in [0.3, 0.4) is 0 Å². The number of para-hydroxylation sites is 2. The number of fused-ring (bicyclic) bond motifs is 1. The minimum atomic E-state index is -0.111. The van der Waals surface area contributed by atoms with Crippen molar-refractivity contribution >= 4 is 16.9 Å². The second-order valence-electron chi connectivity index (χ2n) is 5.41. The van der Waals surface area contributed by atoms with Gasteiger partial charge in [-0.15, -0.1) is 6.42 Å². The molecule has 0 spiro atoms. The summed E-state index contributed by atoms with van der Waals surface area (Å²) >= 11 is 0. The van der Waals surface area contributed by atoms with Gasteiger partial charge in [-0.05, 0) is 30.7 Å². The number of nitrogens with one attached hydrogen (secondary N) is 1. The molecule has 1 N–H and O–H groups in total. The predicted molar refractivity (Wildman–Crippen MR) is 93.5 cm³/mol. The molecular weight excluding hydrogens is 300 g/mol. The molecular formula is C19H18N4O. The van der Waals surface area contributed by atoms with Crippen LogP contribution >= 0.6 is 0 Å². The summed E-state index contributed by atoms with van der Waals surface area (Å²) in [7, 11) is 0. The van der Waals surface area contributed by atoms with E-state index in [0.717, 1.165) is 29.7 Å². The lowest BCUT2D eigenvalue weighted by Gasteiger charge is -2.07. The van der Waals surface area contributed by atoms with Crippen LogP contribution in [-0.2, 0) is 13.0 Å². The van der Waals surface area contributed by atoms with Crippen molar-refractivity contribution in [1.82, 2.24) is 19.9 Å². The van der Waals surface area contributed by atoms with Crippen molar-refractivity contribution in [2.45, 2.75) is 19.4 Å². The van der Waals surface area contributed by atoms with Gasteiger partial charge in [0, 0.05) is 25.4 Å². The number of carbonyl (C=O) groups is 1. The van der Waals surface area contributed by atoms with E-state index in [0.29, 0.717) is 18.7 Å². The van der Waals surface area contributed by atoms with Gasteiger partial charge in [0.05, 0.1) is 23.1 Å². The maximum atomic E-state index is 12.0. The quantitative estimate of drug-likeness (QED) is 0.561. The van der Waals surface area contributed by atoms with E-state index in [1.807, 2.05) is 24.3 Å². The zero-order chi connectivity index (χ0) is 16.8. The predicted octanol–water partition coefficient (Wildman–Crippen LogP) is 2.43. The lowest BCUT2D eigenvalue weighted by Crippen LogP contribution is -2.25. The van der Waals surface area contributed by atoms with Crippen LogP contribution in [0.1, 0.15) is 22.6 Å². The van der Waals surface area contributed by atoms with Crippen LogP contribution in [0.2, 0.25) is 0 Å². The molecule has 120 valence electrons. The fourth-order valence-electron chi connectivity index (χ4n) is 2.63. The molecule has 5 heteroatoms. The fraction of sp³-hybridized carbons (Fsp3) is 0.211. The van der Waals surface area contributed by atoms with Gasteiger partial charge in [-0.2, -0.15) is 0 Å². The first kappa shape index (κ1) is 15.8. The van der Waals surface area contributed by atoms with Gasteiger partial charge in [-0.1, -0.05) is 18.1 Å². The first-order chi connectivity index (χ1) is 11.8. The highest BCUT2D eigenvalue weighted by Crippen LogP contribution is 2.16. The number of hydrogen-bond acceptors (Lipinski definition) is 3. The Morgan fingerprint density at radius 1 is 1.25 bits per heavy atom. The normalized spacial score (nSPS) is 10.5. The number of imidazole rings is 1. The molecule has 1 aromatic carbocycles. The Morgan fingerprint density at radius 2 is 2.12 bits per heavy atom. The van der Waals surface area contributed by atoms with Crippen molar-refractivity contribution in [2.24, 2.45) is 0 Å². The van der Waals surface area contributed by atoms with Gasteiger partial charge in [0.2, 0.25) is 0 Å². The third-order valence-electron chi connectivity index (χ3n) is 3.77. The van der Waals surface area contributed by atoms with Gasteiger partial charge in [-0.3, -0.25) is 9.78 Å². The lowest BCUT2D eigenvalue weighted by atomic mass is 10.2. The van der Waals surface area contributed by atoms with Crippen molar-refractivity contribution in [2.75, 3.05) is 6.54 Å². The van der Waals surface area contributed by atoms with Crippen LogP contribution in [0.25, 0.3) is 11.0 Å². The Kier molecular flexibility index (Phi) is 4.87. The summed E-state index contributed by atoms with van der Waals surface area (Å²) in [6.07, 6.45) is 10.2. The van der Waals surface area contributed by atoms with Crippen LogP contribution in [0.15, 0.2) is 48.8 Å². The number of nitrogens with zero attached hydrogens (tertiary/aromatic N) is 3. The molecule has 0 aliphatic carbocycles. The van der Waals surface area contributed by atoms with Crippen molar-refractivity contribution in [3.8, 4) is 12.3 Å². The van der Waals surface area contributed by atoms with Gasteiger partial charge in [0.25, 0.3) is 5.91 Å². The molecule has 0 atom stereocenters. The van der Waals surface area contributed by atoms with Gasteiger partial charge in [0.1, 0.15) is 5.82 Å². The van der Waals surface area contributed by atoms with Gasteiger partial charge >= 0.3 is 0 Å². The minimum absolute atomic E-state index is 0.111. The molecule has 0 fully saturated rings. The lowest BCUT2D eigenvalue weighted by molar-refractivity contribution is 0.0953. The van der Waals surface area contributed by atoms with E-state index in [1.54, 1.807) is 24.5 Å². The minimum Gasteiger partial charge on any atom is -0.352 e. The van der Waals surface area contributed by atoms with E-state index >= 15 is 0 Å². The fourth-order valence-corrected chi connectivity index (χ4v) is 2.63. The van der Waals surface area contributed by atoms with Gasteiger partial charge in [-0.25, -0.2) is 4.98 Å². The van der Waals surface area contributed by atoms with Gasteiger partial charge in [0.15, 0.2) is 0 Å². The SMILES string of the molecule is C#CCn1c(CCCNC(=O)c2cccnc2)nc2ccccc21. The summed E-state index contributed by atoms with van der Waals surface area (Å²) in [6, 6.07) is 11.4. The number of rotatable bonds is 6. The summed E-state index contributed by atoms with van der Waals surface area (Å²) in [5.41, 5.74) is 2.56. The average molecular weight is 318 g/mol. The van der Waals surface area contributed by atoms with Crippen molar-refractivity contribution in [1.29, 1.82) is 0 Å². The molecule has 5 nitrogen and oxygen atoms in total. The average Bonchev–Trinajstić information content (AvgIpc) is 2.97. The molecule has 0 aliphatic rings. The van der Waals surface area contributed by atoms with Crippen LogP contribution < -0.4 is 5.32 Å². The standard InChI is InChI=1S/C19H18N4O/c1-2-13-23-17-9-4-3-8-16(17)22-18(23)10-6-12-21-19(24)15-7-5-11-20-14-15/h1,3-5,7-9,11,14H,6,10,12-13H2,(H,21,24). The highest BCUT2D eigenvalue weighted by Gasteiger charge is 2.10. The largest absolute Gasteiger partial charge is 0.352 e. The summed E-state index contributed by atoms with van der Waals surface area (Å²) in [6.45, 7) is 1.07. The van der Waals surface area contributed by atoms with E-state index in [-0.39, 0.29) is 5.91 Å². The van der Waals surface area contributed by atoms with Crippen LogP contribution in [0.4, 0.5) is 0 Å². The molecule has 24 heavy (non-hydrogen) atoms. The summed E-state index contributed by atoms with van der Waals surface area (Å²) in [5.74, 6) is 3.52. The summed E-state index contributed by atoms with van der Waals surface area (Å²) in [5, 5.41) is 2.90. The number of carbonyl (C=O) groups excluding carboxylic acids is 1. The molecule has 0 aliphatic heterocycles. The third kappa shape index (κ3) is 3.44. The number of hydrogen-bond donors (Lipinski definition) is 1. The Hall–Kier alpha value is -3.13. The first-order valence-electron chi connectivity index (χ1n) is 7.85. The zero-order valence-corrected chi connectivity index (χ0v) is 13.3. The Labute approximate surface area is 140 Å². The number of benzene rings is 1. The maximum absolute atomic E-state index is 12.0. The highest BCUT2D eigenvalue weighted by molar-refractivity contribution is 5.93. The third-order valence-corrected chi connectivity index (χ3v) is 3.77. The Morgan fingerprint density at radius 3 is 2.92 bits per heavy atom. The monoisotopic (exact) mass is 318 g/mol. The first-order valence-corrected chi connectivity index (χ1v) is 7.85. The van der Waals surface area contributed by atoms with Crippen LogP contribution in [-0.4, -0.2) is 27.0 Å². The van der Waals surface area contributed by atoms with Crippen molar-refractivity contribution in [3.63, 3.8) is 0 Å². The number of pyridine rings is 1. The zero-order valence-electron chi connectivity index (χ0n) is 13.3. The van der Waals surface area contributed by atoms with Gasteiger partial charge < -0.3 is 9.88 Å².